The molecule has 1 saturated heterocycles. The van der Waals surface area contributed by atoms with Crippen LogP contribution in [0.5, 0.6) is 0 Å². The number of halogens is 4. The van der Waals surface area contributed by atoms with Crippen molar-refractivity contribution in [3.63, 3.8) is 0 Å². The molecule has 2 rings (SSSR count). The van der Waals surface area contributed by atoms with Gasteiger partial charge in [-0.3, -0.25) is 4.79 Å². The van der Waals surface area contributed by atoms with E-state index in [-0.39, 0.29) is 24.8 Å². The van der Waals surface area contributed by atoms with Crippen LogP contribution in [0.3, 0.4) is 0 Å². The molecule has 1 unspecified atom stereocenters. The van der Waals surface area contributed by atoms with Gasteiger partial charge in [-0.05, 0) is 52.2 Å². The van der Waals surface area contributed by atoms with Crippen LogP contribution in [0, 0.1) is 9.49 Å². The molecule has 0 bridgehead atoms. The molecule has 0 N–H and O–H groups in total. The molecule has 1 heterocycles. The van der Waals surface area contributed by atoms with Crippen LogP contribution in [0.1, 0.15) is 12.0 Å². The standard InChI is InChI=1S/C12H10F3IN4O/c13-12(14,15)8-1-2-10(9(16)4-8)20-6-7(3-11(20)21)5-18-19-17/h1-2,4,7H,3,5-6H2. The van der Waals surface area contributed by atoms with Gasteiger partial charge in [0.05, 0.1) is 11.3 Å². The first-order chi connectivity index (χ1) is 9.82. The molecule has 9 heteroatoms. The summed E-state index contributed by atoms with van der Waals surface area (Å²) >= 11 is 1.79. The minimum absolute atomic E-state index is 0.105. The van der Waals surface area contributed by atoms with Crippen LogP contribution in [-0.2, 0) is 11.0 Å². The van der Waals surface area contributed by atoms with Gasteiger partial charge in [-0.2, -0.15) is 13.2 Å². The van der Waals surface area contributed by atoms with E-state index in [1.807, 2.05) is 0 Å². The number of benzene rings is 1. The van der Waals surface area contributed by atoms with Crippen LogP contribution in [0.15, 0.2) is 23.3 Å². The van der Waals surface area contributed by atoms with Gasteiger partial charge in [-0.15, -0.1) is 0 Å². The highest BCUT2D eigenvalue weighted by Gasteiger charge is 2.34. The van der Waals surface area contributed by atoms with E-state index >= 15 is 0 Å². The van der Waals surface area contributed by atoms with E-state index in [0.29, 0.717) is 15.8 Å². The summed E-state index contributed by atoms with van der Waals surface area (Å²) < 4.78 is 38.2. The molecule has 112 valence electrons. The lowest BCUT2D eigenvalue weighted by molar-refractivity contribution is -0.137. The topological polar surface area (TPSA) is 69.1 Å². The molecule has 0 saturated carbocycles. The fourth-order valence-corrected chi connectivity index (χ4v) is 3.00. The number of amides is 1. The van der Waals surface area contributed by atoms with Crippen molar-refractivity contribution in [1.82, 2.24) is 0 Å². The molecule has 0 spiro atoms. The minimum Gasteiger partial charge on any atom is -0.311 e. The van der Waals surface area contributed by atoms with Crippen molar-refractivity contribution in [2.45, 2.75) is 12.6 Å². The lowest BCUT2D eigenvalue weighted by atomic mass is 10.1. The number of nitrogens with zero attached hydrogens (tertiary/aromatic N) is 4. The van der Waals surface area contributed by atoms with Gasteiger partial charge in [-0.25, -0.2) is 0 Å². The number of hydrogen-bond donors (Lipinski definition) is 0. The number of azide groups is 1. The van der Waals surface area contributed by atoms with Crippen LogP contribution in [0.2, 0.25) is 0 Å². The Bertz CT molecular complexity index is 613. The maximum atomic E-state index is 12.6. The molecule has 1 atom stereocenters. The molecule has 21 heavy (non-hydrogen) atoms. The molecular weight excluding hydrogens is 400 g/mol. The van der Waals surface area contributed by atoms with Crippen LogP contribution in [0.25, 0.3) is 10.4 Å². The zero-order valence-electron chi connectivity index (χ0n) is 10.6. The van der Waals surface area contributed by atoms with Crippen molar-refractivity contribution >= 4 is 34.2 Å². The number of anilines is 1. The lowest BCUT2D eigenvalue weighted by Crippen LogP contribution is -2.25. The van der Waals surface area contributed by atoms with Crippen molar-refractivity contribution < 1.29 is 18.0 Å². The summed E-state index contributed by atoms with van der Waals surface area (Å²) in [7, 11) is 0. The number of rotatable bonds is 3. The van der Waals surface area contributed by atoms with Crippen molar-refractivity contribution in [2.24, 2.45) is 11.0 Å². The molecule has 1 aliphatic heterocycles. The summed E-state index contributed by atoms with van der Waals surface area (Å²) in [4.78, 5) is 16.0. The van der Waals surface area contributed by atoms with Gasteiger partial charge in [-0.1, -0.05) is 5.11 Å². The van der Waals surface area contributed by atoms with E-state index < -0.39 is 11.7 Å². The maximum absolute atomic E-state index is 12.6. The van der Waals surface area contributed by atoms with E-state index in [4.69, 9.17) is 5.53 Å². The molecule has 1 aliphatic rings. The fraction of sp³-hybridized carbons (Fsp3) is 0.417. The third kappa shape index (κ3) is 3.59. The monoisotopic (exact) mass is 410 g/mol. The van der Waals surface area contributed by atoms with Crippen molar-refractivity contribution in [3.05, 3.63) is 37.8 Å². The predicted molar refractivity (Wildman–Crippen MR) is 78.6 cm³/mol. The van der Waals surface area contributed by atoms with Gasteiger partial charge >= 0.3 is 6.18 Å². The Balaban J connectivity index is 2.23. The Morgan fingerprint density at radius 1 is 1.48 bits per heavy atom. The summed E-state index contributed by atoms with van der Waals surface area (Å²) in [5.41, 5.74) is 7.99. The lowest BCUT2D eigenvalue weighted by Gasteiger charge is -2.19. The smallest absolute Gasteiger partial charge is 0.311 e. The Labute approximate surface area is 131 Å². The Hall–Kier alpha value is -1.48. The van der Waals surface area contributed by atoms with E-state index in [9.17, 15) is 18.0 Å². The van der Waals surface area contributed by atoms with E-state index in [1.165, 1.54) is 11.0 Å². The largest absolute Gasteiger partial charge is 0.416 e. The van der Waals surface area contributed by atoms with Crippen molar-refractivity contribution in [1.29, 1.82) is 0 Å². The summed E-state index contributed by atoms with van der Waals surface area (Å²) in [5, 5.41) is 3.44. The van der Waals surface area contributed by atoms with Gasteiger partial charge < -0.3 is 4.90 Å². The van der Waals surface area contributed by atoms with Crippen molar-refractivity contribution in [3.8, 4) is 0 Å². The molecular formula is C12H10F3IN4O. The Kier molecular flexibility index (Phi) is 4.62. The number of hydrogen-bond acceptors (Lipinski definition) is 2. The first-order valence-corrected chi connectivity index (χ1v) is 7.08. The van der Waals surface area contributed by atoms with Crippen LogP contribution in [-0.4, -0.2) is 19.0 Å². The molecule has 1 fully saturated rings. The molecule has 5 nitrogen and oxygen atoms in total. The zero-order chi connectivity index (χ0) is 15.6. The van der Waals surface area contributed by atoms with Crippen molar-refractivity contribution in [2.75, 3.05) is 18.0 Å². The molecule has 1 aromatic rings. The maximum Gasteiger partial charge on any atom is 0.416 e. The predicted octanol–water partition coefficient (Wildman–Crippen LogP) is 3.97. The summed E-state index contributed by atoms with van der Waals surface area (Å²) in [6.07, 6.45) is -4.17. The molecule has 0 aromatic heterocycles. The second kappa shape index (κ2) is 6.10. The SMILES string of the molecule is [N-]=[N+]=NCC1CC(=O)N(c2ccc(C(F)(F)F)cc2I)C1. The average Bonchev–Trinajstić information content (AvgIpc) is 2.76. The Morgan fingerprint density at radius 3 is 2.76 bits per heavy atom. The highest BCUT2D eigenvalue weighted by Crippen LogP contribution is 2.35. The number of alkyl halides is 3. The average molecular weight is 410 g/mol. The second-order valence-corrected chi connectivity index (χ2v) is 5.81. The highest BCUT2D eigenvalue weighted by atomic mass is 127. The van der Waals surface area contributed by atoms with Gasteiger partial charge in [0.1, 0.15) is 0 Å². The van der Waals surface area contributed by atoms with Gasteiger partial charge in [0.15, 0.2) is 0 Å². The number of carbonyl (C=O) groups excluding carboxylic acids is 1. The molecule has 0 radical (unpaired) electrons. The number of carbonyl (C=O) groups is 1. The summed E-state index contributed by atoms with van der Waals surface area (Å²) in [6.45, 7) is 0.551. The highest BCUT2D eigenvalue weighted by molar-refractivity contribution is 14.1. The normalized spacial score (nSPS) is 18.8. The van der Waals surface area contributed by atoms with E-state index in [0.717, 1.165) is 12.1 Å². The summed E-state index contributed by atoms with van der Waals surface area (Å²) in [5.74, 6) is -0.280. The van der Waals surface area contributed by atoms with Gasteiger partial charge in [0, 0.05) is 28.0 Å². The quantitative estimate of drug-likeness (QED) is 0.322. The first-order valence-electron chi connectivity index (χ1n) is 6.01. The molecule has 0 aliphatic carbocycles. The van der Waals surface area contributed by atoms with Crippen LogP contribution >= 0.6 is 22.6 Å². The van der Waals surface area contributed by atoms with Crippen LogP contribution < -0.4 is 4.90 Å². The minimum atomic E-state index is -4.41. The summed E-state index contributed by atoms with van der Waals surface area (Å²) in [6, 6.07) is 3.29. The van der Waals surface area contributed by atoms with E-state index in [1.54, 1.807) is 22.6 Å². The molecule has 1 amide bonds. The van der Waals surface area contributed by atoms with Gasteiger partial charge in [0.25, 0.3) is 0 Å². The van der Waals surface area contributed by atoms with Crippen LogP contribution in [0.4, 0.5) is 18.9 Å². The zero-order valence-corrected chi connectivity index (χ0v) is 12.8. The fourth-order valence-electron chi connectivity index (χ4n) is 2.19. The first kappa shape index (κ1) is 15.9. The second-order valence-electron chi connectivity index (χ2n) is 4.65. The Morgan fingerprint density at radius 2 is 2.19 bits per heavy atom. The third-order valence-corrected chi connectivity index (χ3v) is 4.04. The van der Waals surface area contributed by atoms with E-state index in [2.05, 4.69) is 10.0 Å². The molecule has 1 aromatic carbocycles. The van der Waals surface area contributed by atoms with Gasteiger partial charge in [0.2, 0.25) is 5.91 Å². The third-order valence-electron chi connectivity index (χ3n) is 3.17.